The van der Waals surface area contributed by atoms with E-state index in [-0.39, 0.29) is 12.5 Å². The van der Waals surface area contributed by atoms with Crippen molar-refractivity contribution in [2.45, 2.75) is 38.0 Å². The Hall–Kier alpha value is -2.67. The van der Waals surface area contributed by atoms with E-state index in [2.05, 4.69) is 0 Å². The molecule has 154 valence electrons. The third kappa shape index (κ3) is 4.19. The van der Waals surface area contributed by atoms with Crippen molar-refractivity contribution in [1.29, 1.82) is 0 Å². The van der Waals surface area contributed by atoms with E-state index in [0.29, 0.717) is 36.9 Å². The number of hydrogen-bond acceptors (Lipinski definition) is 4. The molecular formula is C22H24F2N2O3. The van der Waals surface area contributed by atoms with Crippen LogP contribution in [0.4, 0.5) is 14.5 Å². The predicted molar refractivity (Wildman–Crippen MR) is 105 cm³/mol. The quantitative estimate of drug-likeness (QED) is 0.833. The van der Waals surface area contributed by atoms with Gasteiger partial charge in [-0.15, -0.1) is 0 Å². The van der Waals surface area contributed by atoms with Crippen LogP contribution in [0.5, 0.6) is 5.75 Å². The summed E-state index contributed by atoms with van der Waals surface area (Å²) in [6, 6.07) is 9.40. The minimum absolute atomic E-state index is 0.0910. The highest BCUT2D eigenvalue weighted by molar-refractivity contribution is 5.79. The van der Waals surface area contributed by atoms with Crippen LogP contribution in [0, 0.1) is 11.6 Å². The van der Waals surface area contributed by atoms with Crippen LogP contribution >= 0.6 is 0 Å². The second kappa shape index (κ2) is 7.99. The third-order valence-corrected chi connectivity index (χ3v) is 5.59. The van der Waals surface area contributed by atoms with Gasteiger partial charge in [0.2, 0.25) is 5.91 Å². The van der Waals surface area contributed by atoms with Gasteiger partial charge >= 0.3 is 0 Å². The summed E-state index contributed by atoms with van der Waals surface area (Å²) in [5.74, 6) is -1.15. The Labute approximate surface area is 168 Å². The zero-order valence-corrected chi connectivity index (χ0v) is 16.3. The Kier molecular flexibility index (Phi) is 5.41. The number of anilines is 1. The lowest BCUT2D eigenvalue weighted by atomic mass is 10.0. The number of hydrogen-bond donors (Lipinski definition) is 1. The molecule has 1 unspecified atom stereocenters. The molecule has 1 N–H and O–H groups in total. The molecule has 0 bridgehead atoms. The first-order valence-corrected chi connectivity index (χ1v) is 9.80. The van der Waals surface area contributed by atoms with E-state index in [0.717, 1.165) is 36.2 Å². The zero-order valence-electron chi connectivity index (χ0n) is 16.3. The van der Waals surface area contributed by atoms with Crippen LogP contribution in [0.15, 0.2) is 36.4 Å². The molecule has 1 amide bonds. The van der Waals surface area contributed by atoms with Gasteiger partial charge in [-0.25, -0.2) is 8.78 Å². The Balaban J connectivity index is 1.63. The third-order valence-electron chi connectivity index (χ3n) is 5.59. The summed E-state index contributed by atoms with van der Waals surface area (Å²) in [6.45, 7) is 1.09. The first-order chi connectivity index (χ1) is 14.0. The molecule has 29 heavy (non-hydrogen) atoms. The largest absolute Gasteiger partial charge is 0.497 e. The maximum atomic E-state index is 13.6. The molecule has 1 atom stereocenters. The normalized spacial score (nSPS) is 18.1. The zero-order chi connectivity index (χ0) is 20.5. The fourth-order valence-corrected chi connectivity index (χ4v) is 3.83. The number of amides is 1. The Morgan fingerprint density at radius 2 is 1.97 bits per heavy atom. The molecule has 0 aromatic heterocycles. The van der Waals surface area contributed by atoms with E-state index in [1.165, 1.54) is 6.07 Å². The highest BCUT2D eigenvalue weighted by Gasteiger charge is 2.34. The Morgan fingerprint density at radius 3 is 2.66 bits per heavy atom. The van der Waals surface area contributed by atoms with Crippen molar-refractivity contribution in [3.63, 3.8) is 0 Å². The van der Waals surface area contributed by atoms with E-state index < -0.39 is 17.7 Å². The minimum atomic E-state index is -1.02. The molecule has 0 radical (unpaired) electrons. The number of ether oxygens (including phenoxy) is 1. The molecule has 1 aliphatic carbocycles. The van der Waals surface area contributed by atoms with Gasteiger partial charge in [-0.05, 0) is 54.3 Å². The molecule has 0 saturated heterocycles. The maximum Gasteiger partial charge on any atom is 0.224 e. The van der Waals surface area contributed by atoms with Crippen LogP contribution in [0.2, 0.25) is 0 Å². The van der Waals surface area contributed by atoms with E-state index >= 15 is 0 Å². The summed E-state index contributed by atoms with van der Waals surface area (Å²) in [5, 5.41) is 10.6. The van der Waals surface area contributed by atoms with Gasteiger partial charge in [0.15, 0.2) is 11.6 Å². The molecular weight excluding hydrogens is 378 g/mol. The first kappa shape index (κ1) is 19.6. The number of benzene rings is 2. The summed E-state index contributed by atoms with van der Waals surface area (Å²) in [6.07, 6.45) is 1.38. The summed E-state index contributed by atoms with van der Waals surface area (Å²) < 4.78 is 32.1. The molecule has 7 heteroatoms. The van der Waals surface area contributed by atoms with Gasteiger partial charge in [-0.2, -0.15) is 0 Å². The number of aliphatic hydroxyl groups excluding tert-OH is 1. The number of carbonyl (C=O) groups is 1. The topological polar surface area (TPSA) is 53.0 Å². The van der Waals surface area contributed by atoms with E-state index in [4.69, 9.17) is 4.74 Å². The van der Waals surface area contributed by atoms with Crippen LogP contribution < -0.4 is 9.64 Å². The minimum Gasteiger partial charge on any atom is -0.497 e. The van der Waals surface area contributed by atoms with Crippen molar-refractivity contribution in [3.8, 4) is 5.75 Å². The van der Waals surface area contributed by atoms with E-state index in [1.807, 2.05) is 28.0 Å². The number of nitrogens with zero attached hydrogens (tertiary/aromatic N) is 2. The lowest BCUT2D eigenvalue weighted by molar-refractivity contribution is -0.132. The van der Waals surface area contributed by atoms with Crippen molar-refractivity contribution >= 4 is 11.6 Å². The number of β-amino-alcohol motifs (C(OH)–C–C–N with tert-alkyl or cyclic N) is 1. The average Bonchev–Trinajstić information content (AvgIpc) is 3.55. The van der Waals surface area contributed by atoms with Crippen LogP contribution in [-0.2, 0) is 11.3 Å². The maximum absolute atomic E-state index is 13.6. The second-order valence-electron chi connectivity index (χ2n) is 7.63. The van der Waals surface area contributed by atoms with Crippen molar-refractivity contribution < 1.29 is 23.4 Å². The summed E-state index contributed by atoms with van der Waals surface area (Å²) in [7, 11) is 1.60. The summed E-state index contributed by atoms with van der Waals surface area (Å²) >= 11 is 0. The van der Waals surface area contributed by atoms with Crippen molar-refractivity contribution in [2.24, 2.45) is 0 Å². The number of rotatable bonds is 5. The predicted octanol–water partition coefficient (Wildman–Crippen LogP) is 3.41. The molecule has 1 heterocycles. The molecule has 4 rings (SSSR count). The Bertz CT molecular complexity index is 917. The number of carbonyl (C=O) groups excluding carboxylic acids is 1. The highest BCUT2D eigenvalue weighted by atomic mass is 19.2. The van der Waals surface area contributed by atoms with Crippen LogP contribution in [0.25, 0.3) is 0 Å². The highest BCUT2D eigenvalue weighted by Crippen LogP contribution is 2.35. The van der Waals surface area contributed by atoms with Gasteiger partial charge in [-0.1, -0.05) is 6.07 Å². The lowest BCUT2D eigenvalue weighted by Crippen LogP contribution is -2.40. The lowest BCUT2D eigenvalue weighted by Gasteiger charge is -2.34. The number of fused-ring (bicyclic) bond motifs is 1. The van der Waals surface area contributed by atoms with Gasteiger partial charge in [0.1, 0.15) is 5.75 Å². The molecule has 1 saturated carbocycles. The van der Waals surface area contributed by atoms with Crippen LogP contribution in [0.1, 0.15) is 36.5 Å². The molecule has 1 fully saturated rings. The van der Waals surface area contributed by atoms with Crippen LogP contribution in [-0.4, -0.2) is 42.2 Å². The van der Waals surface area contributed by atoms with E-state index in [1.54, 1.807) is 7.11 Å². The van der Waals surface area contributed by atoms with Crippen LogP contribution in [0.3, 0.4) is 0 Å². The fourth-order valence-electron chi connectivity index (χ4n) is 3.83. The molecule has 0 spiro atoms. The molecule has 1 aliphatic heterocycles. The molecule has 2 aliphatic rings. The average molecular weight is 402 g/mol. The summed E-state index contributed by atoms with van der Waals surface area (Å²) in [5.41, 5.74) is 2.15. The van der Waals surface area contributed by atoms with E-state index in [9.17, 15) is 18.7 Å². The number of halogens is 2. The summed E-state index contributed by atoms with van der Waals surface area (Å²) in [4.78, 5) is 16.6. The molecule has 2 aromatic carbocycles. The van der Waals surface area contributed by atoms with Crippen molar-refractivity contribution in [3.05, 3.63) is 59.2 Å². The van der Waals surface area contributed by atoms with Gasteiger partial charge < -0.3 is 19.6 Å². The van der Waals surface area contributed by atoms with Gasteiger partial charge in [0.25, 0.3) is 0 Å². The first-order valence-electron chi connectivity index (χ1n) is 9.80. The SMILES string of the molecule is COc1ccc2c(c1)CN(C1CC1)C(=O)CCN2CC(O)c1ccc(F)c(F)c1. The number of methoxy groups -OCH3 is 1. The standard InChI is InChI=1S/C22H24F2N2O3/c1-29-17-5-7-20-15(10-17)12-26(16-3-4-16)22(28)8-9-25(20)13-21(27)14-2-6-18(23)19(24)11-14/h2,5-7,10-11,16,21,27H,3-4,8-9,12-13H2,1H3. The second-order valence-corrected chi connectivity index (χ2v) is 7.63. The smallest absolute Gasteiger partial charge is 0.224 e. The van der Waals surface area contributed by atoms with Crippen molar-refractivity contribution in [1.82, 2.24) is 4.90 Å². The Morgan fingerprint density at radius 1 is 1.17 bits per heavy atom. The van der Waals surface area contributed by atoms with Gasteiger partial charge in [-0.3, -0.25) is 4.79 Å². The van der Waals surface area contributed by atoms with Crippen molar-refractivity contribution in [2.75, 3.05) is 25.1 Å². The molecule has 2 aromatic rings. The van der Waals surface area contributed by atoms with Gasteiger partial charge in [0, 0.05) is 37.8 Å². The van der Waals surface area contributed by atoms with Gasteiger partial charge in [0.05, 0.1) is 13.2 Å². The fraction of sp³-hybridized carbons (Fsp3) is 0.409. The molecule has 5 nitrogen and oxygen atoms in total. The monoisotopic (exact) mass is 402 g/mol. The number of aliphatic hydroxyl groups is 1.